The minimum absolute atomic E-state index is 0.0445. The molecule has 1 amide bonds. The van der Waals surface area contributed by atoms with Gasteiger partial charge in [0.15, 0.2) is 0 Å². The molecule has 1 atom stereocenters. The number of ether oxygens (including phenoxy) is 2. The van der Waals surface area contributed by atoms with Gasteiger partial charge < -0.3 is 14.4 Å². The van der Waals surface area contributed by atoms with Crippen LogP contribution in [0.3, 0.4) is 0 Å². The van der Waals surface area contributed by atoms with Gasteiger partial charge in [0.25, 0.3) is 0 Å². The van der Waals surface area contributed by atoms with Gasteiger partial charge in [-0.15, -0.1) is 0 Å². The van der Waals surface area contributed by atoms with Crippen LogP contribution in [0.25, 0.3) is 0 Å². The van der Waals surface area contributed by atoms with E-state index in [1.807, 2.05) is 0 Å². The van der Waals surface area contributed by atoms with Crippen molar-refractivity contribution in [1.82, 2.24) is 9.21 Å². The summed E-state index contributed by atoms with van der Waals surface area (Å²) in [5, 5.41) is 0. The first kappa shape index (κ1) is 21.1. The van der Waals surface area contributed by atoms with E-state index in [1.54, 1.807) is 20.8 Å². The zero-order chi connectivity index (χ0) is 20.4. The number of amides is 1. The summed E-state index contributed by atoms with van der Waals surface area (Å²) in [5.74, 6) is -1.37. The van der Waals surface area contributed by atoms with Crippen LogP contribution in [0, 0.1) is 5.82 Å². The molecular formula is C17H23FN2O6S. The molecule has 1 aromatic rings. The number of piperazine rings is 1. The van der Waals surface area contributed by atoms with Gasteiger partial charge in [-0.05, 0) is 45.0 Å². The van der Waals surface area contributed by atoms with Crippen LogP contribution >= 0.6 is 0 Å². The average molecular weight is 402 g/mol. The number of esters is 1. The quantitative estimate of drug-likeness (QED) is 0.713. The van der Waals surface area contributed by atoms with Crippen LogP contribution in [0.1, 0.15) is 20.8 Å². The third kappa shape index (κ3) is 4.95. The largest absolute Gasteiger partial charge is 0.468 e. The smallest absolute Gasteiger partial charge is 0.410 e. The Labute approximate surface area is 157 Å². The zero-order valence-electron chi connectivity index (χ0n) is 15.6. The number of rotatable bonds is 3. The van der Waals surface area contributed by atoms with Crippen LogP contribution < -0.4 is 0 Å². The number of carbonyl (C=O) groups is 2. The van der Waals surface area contributed by atoms with Gasteiger partial charge in [0.05, 0.1) is 18.6 Å². The van der Waals surface area contributed by atoms with Gasteiger partial charge in [0, 0.05) is 13.1 Å². The molecule has 1 saturated heterocycles. The molecule has 1 fully saturated rings. The van der Waals surface area contributed by atoms with Crippen molar-refractivity contribution in [2.45, 2.75) is 37.3 Å². The Morgan fingerprint density at radius 2 is 1.74 bits per heavy atom. The Balaban J connectivity index is 2.28. The van der Waals surface area contributed by atoms with Gasteiger partial charge in [-0.25, -0.2) is 17.6 Å². The van der Waals surface area contributed by atoms with Crippen LogP contribution in [0.5, 0.6) is 0 Å². The van der Waals surface area contributed by atoms with Crippen molar-refractivity contribution in [2.24, 2.45) is 0 Å². The topological polar surface area (TPSA) is 93.2 Å². The lowest BCUT2D eigenvalue weighted by molar-refractivity contribution is -0.146. The molecule has 0 spiro atoms. The van der Waals surface area contributed by atoms with Crippen LogP contribution in [-0.4, -0.2) is 68.1 Å². The average Bonchev–Trinajstić information content (AvgIpc) is 2.59. The van der Waals surface area contributed by atoms with E-state index in [9.17, 15) is 22.4 Å². The van der Waals surface area contributed by atoms with E-state index in [-0.39, 0.29) is 24.5 Å². The Morgan fingerprint density at radius 1 is 1.15 bits per heavy atom. The number of hydrogen-bond acceptors (Lipinski definition) is 6. The third-order valence-corrected chi connectivity index (χ3v) is 5.80. The molecule has 10 heteroatoms. The second-order valence-electron chi connectivity index (χ2n) is 7.03. The lowest BCUT2D eigenvalue weighted by Crippen LogP contribution is -2.59. The molecule has 1 aliphatic rings. The first-order chi connectivity index (χ1) is 12.5. The minimum Gasteiger partial charge on any atom is -0.468 e. The van der Waals surface area contributed by atoms with Gasteiger partial charge in [-0.2, -0.15) is 4.31 Å². The summed E-state index contributed by atoms with van der Waals surface area (Å²) in [6, 6.07) is 3.07. The molecule has 1 aliphatic heterocycles. The van der Waals surface area contributed by atoms with Crippen LogP contribution in [0.4, 0.5) is 9.18 Å². The predicted molar refractivity (Wildman–Crippen MR) is 93.9 cm³/mol. The van der Waals surface area contributed by atoms with E-state index in [1.165, 1.54) is 4.90 Å². The van der Waals surface area contributed by atoms with Crippen LogP contribution in [0.15, 0.2) is 29.2 Å². The Morgan fingerprint density at radius 3 is 2.26 bits per heavy atom. The van der Waals surface area contributed by atoms with Crippen molar-refractivity contribution >= 4 is 22.1 Å². The van der Waals surface area contributed by atoms with Crippen molar-refractivity contribution in [3.05, 3.63) is 30.1 Å². The molecule has 1 unspecified atom stereocenters. The van der Waals surface area contributed by atoms with Crippen LogP contribution in [0.2, 0.25) is 0 Å². The number of carbonyl (C=O) groups excluding carboxylic acids is 2. The van der Waals surface area contributed by atoms with Gasteiger partial charge in [0.2, 0.25) is 10.0 Å². The molecule has 27 heavy (non-hydrogen) atoms. The van der Waals surface area contributed by atoms with E-state index < -0.39 is 39.5 Å². The highest BCUT2D eigenvalue weighted by molar-refractivity contribution is 7.89. The fourth-order valence-electron chi connectivity index (χ4n) is 2.62. The fraction of sp³-hybridized carbons (Fsp3) is 0.529. The molecule has 0 radical (unpaired) electrons. The molecular weight excluding hydrogens is 379 g/mol. The van der Waals surface area contributed by atoms with Crippen molar-refractivity contribution in [2.75, 3.05) is 26.7 Å². The monoisotopic (exact) mass is 402 g/mol. The second kappa shape index (κ2) is 7.81. The zero-order valence-corrected chi connectivity index (χ0v) is 16.5. The third-order valence-electron chi connectivity index (χ3n) is 3.88. The van der Waals surface area contributed by atoms with Gasteiger partial charge in [0.1, 0.15) is 17.5 Å². The maximum atomic E-state index is 13.1. The molecule has 0 aliphatic carbocycles. The molecule has 0 bridgehead atoms. The number of benzene rings is 1. The van der Waals surface area contributed by atoms with Gasteiger partial charge in [-0.1, -0.05) is 0 Å². The summed E-state index contributed by atoms with van der Waals surface area (Å²) < 4.78 is 49.9. The van der Waals surface area contributed by atoms with Gasteiger partial charge >= 0.3 is 12.1 Å². The minimum atomic E-state index is -4.08. The molecule has 2 rings (SSSR count). The van der Waals surface area contributed by atoms with E-state index >= 15 is 0 Å². The van der Waals surface area contributed by atoms with Crippen molar-refractivity contribution in [3.63, 3.8) is 0 Å². The van der Waals surface area contributed by atoms with Crippen molar-refractivity contribution < 1.29 is 31.9 Å². The molecule has 150 valence electrons. The highest BCUT2D eigenvalue weighted by atomic mass is 32.2. The summed E-state index contributed by atoms with van der Waals surface area (Å²) in [5.41, 5.74) is -0.727. The summed E-state index contributed by atoms with van der Waals surface area (Å²) in [4.78, 5) is 25.6. The lowest BCUT2D eigenvalue weighted by Gasteiger charge is -2.39. The number of sulfonamides is 1. The summed E-state index contributed by atoms with van der Waals surface area (Å²) >= 11 is 0. The van der Waals surface area contributed by atoms with Crippen molar-refractivity contribution in [3.8, 4) is 0 Å². The maximum absolute atomic E-state index is 13.1. The van der Waals surface area contributed by atoms with Gasteiger partial charge in [-0.3, -0.25) is 4.79 Å². The molecule has 1 heterocycles. The number of nitrogens with zero attached hydrogens (tertiary/aromatic N) is 2. The standard InChI is InChI=1S/C17H23FN2O6S/c1-17(2,3)26-16(22)19-9-10-20(14(11-19)15(21)25-4)27(23,24)13-7-5-12(18)6-8-13/h5-8,14H,9-11H2,1-4H3. The normalized spacial score (nSPS) is 18.9. The molecule has 1 aromatic carbocycles. The first-order valence-electron chi connectivity index (χ1n) is 8.29. The Bertz CT molecular complexity index is 804. The molecule has 0 N–H and O–H groups in total. The summed E-state index contributed by atoms with van der Waals surface area (Å²) in [6.45, 7) is 4.83. The summed E-state index contributed by atoms with van der Waals surface area (Å²) in [7, 11) is -2.94. The van der Waals surface area contributed by atoms with Crippen LogP contribution in [-0.2, 0) is 24.3 Å². The fourth-order valence-corrected chi connectivity index (χ4v) is 4.18. The maximum Gasteiger partial charge on any atom is 0.410 e. The predicted octanol–water partition coefficient (Wildman–Crippen LogP) is 1.61. The highest BCUT2D eigenvalue weighted by Gasteiger charge is 2.42. The number of hydrogen-bond donors (Lipinski definition) is 0. The molecule has 0 saturated carbocycles. The lowest BCUT2D eigenvalue weighted by atomic mass is 10.2. The van der Waals surface area contributed by atoms with E-state index in [0.29, 0.717) is 0 Å². The second-order valence-corrected chi connectivity index (χ2v) is 8.93. The summed E-state index contributed by atoms with van der Waals surface area (Å²) in [6.07, 6.45) is -0.643. The van der Waals surface area contributed by atoms with E-state index in [4.69, 9.17) is 9.47 Å². The van der Waals surface area contributed by atoms with E-state index in [0.717, 1.165) is 35.7 Å². The molecule has 0 aromatic heterocycles. The molecule has 8 nitrogen and oxygen atoms in total. The SMILES string of the molecule is COC(=O)C1CN(C(=O)OC(C)(C)C)CCN1S(=O)(=O)c1ccc(F)cc1. The van der Waals surface area contributed by atoms with E-state index in [2.05, 4.69) is 0 Å². The van der Waals surface area contributed by atoms with Crippen molar-refractivity contribution in [1.29, 1.82) is 0 Å². The number of methoxy groups -OCH3 is 1. The Hall–Kier alpha value is -2.20. The highest BCUT2D eigenvalue weighted by Crippen LogP contribution is 2.23. The Kier molecular flexibility index (Phi) is 6.10. The number of halogens is 1. The first-order valence-corrected chi connectivity index (χ1v) is 9.73.